The van der Waals surface area contributed by atoms with E-state index in [0.29, 0.717) is 17.4 Å². The molecule has 3 nitrogen and oxygen atoms in total. The van der Waals surface area contributed by atoms with Gasteiger partial charge in [-0.2, -0.15) is 4.89 Å². The predicted octanol–water partition coefficient (Wildman–Crippen LogP) is 5.27. The van der Waals surface area contributed by atoms with Crippen LogP contribution in [0.2, 0.25) is 0 Å². The van der Waals surface area contributed by atoms with E-state index in [9.17, 15) is 4.79 Å². The first-order valence-corrected chi connectivity index (χ1v) is 8.68. The molecule has 2 aromatic rings. The molecule has 1 saturated carbocycles. The number of carbonyl (C=O) groups is 1. The normalized spacial score (nSPS) is 23.7. The highest BCUT2D eigenvalue weighted by atomic mass is 17.2. The van der Waals surface area contributed by atoms with E-state index in [-0.39, 0.29) is 6.10 Å². The third-order valence-electron chi connectivity index (χ3n) is 4.90. The van der Waals surface area contributed by atoms with Gasteiger partial charge in [-0.25, -0.2) is 4.79 Å². The van der Waals surface area contributed by atoms with Crippen molar-refractivity contribution in [1.29, 1.82) is 0 Å². The standard InChI is InChI=1S/C21H24O3/c1-15-7-6-8-16(2)20(15)23-24-21(22)19-13-11-18(12-14-19)17-9-4-3-5-10-17/h3-5,9-16,20H,6-8H2,1-2H3. The third-order valence-corrected chi connectivity index (χ3v) is 4.90. The maximum atomic E-state index is 12.2. The number of hydrogen-bond donors (Lipinski definition) is 0. The van der Waals surface area contributed by atoms with E-state index in [2.05, 4.69) is 13.8 Å². The van der Waals surface area contributed by atoms with Crippen LogP contribution in [0.4, 0.5) is 0 Å². The Balaban J connectivity index is 1.61. The van der Waals surface area contributed by atoms with Crippen LogP contribution in [0.5, 0.6) is 0 Å². The Kier molecular flexibility index (Phi) is 5.31. The molecule has 126 valence electrons. The number of rotatable bonds is 4. The van der Waals surface area contributed by atoms with Crippen LogP contribution in [0.1, 0.15) is 43.5 Å². The van der Waals surface area contributed by atoms with Gasteiger partial charge in [-0.3, -0.25) is 4.89 Å². The summed E-state index contributed by atoms with van der Waals surface area (Å²) in [4.78, 5) is 22.8. The highest BCUT2D eigenvalue weighted by molar-refractivity contribution is 5.89. The van der Waals surface area contributed by atoms with E-state index >= 15 is 0 Å². The summed E-state index contributed by atoms with van der Waals surface area (Å²) in [7, 11) is 0. The molecule has 1 fully saturated rings. The van der Waals surface area contributed by atoms with E-state index in [1.54, 1.807) is 12.1 Å². The van der Waals surface area contributed by atoms with Crippen LogP contribution in [0.25, 0.3) is 11.1 Å². The smallest absolute Gasteiger partial charge is 0.293 e. The van der Waals surface area contributed by atoms with Crippen molar-refractivity contribution in [2.75, 3.05) is 0 Å². The van der Waals surface area contributed by atoms with Gasteiger partial charge in [-0.05, 0) is 47.9 Å². The second-order valence-electron chi connectivity index (χ2n) is 6.76. The average Bonchev–Trinajstić information content (AvgIpc) is 2.62. The minimum Gasteiger partial charge on any atom is -0.293 e. The monoisotopic (exact) mass is 324 g/mol. The van der Waals surface area contributed by atoms with Crippen molar-refractivity contribution in [3.63, 3.8) is 0 Å². The van der Waals surface area contributed by atoms with Gasteiger partial charge >= 0.3 is 5.97 Å². The van der Waals surface area contributed by atoms with Gasteiger partial charge < -0.3 is 0 Å². The maximum absolute atomic E-state index is 12.2. The molecule has 2 atom stereocenters. The highest BCUT2D eigenvalue weighted by Crippen LogP contribution is 2.31. The lowest BCUT2D eigenvalue weighted by Crippen LogP contribution is -2.33. The van der Waals surface area contributed by atoms with Crippen LogP contribution in [0, 0.1) is 11.8 Å². The van der Waals surface area contributed by atoms with Crippen LogP contribution in [-0.2, 0) is 9.78 Å². The summed E-state index contributed by atoms with van der Waals surface area (Å²) >= 11 is 0. The summed E-state index contributed by atoms with van der Waals surface area (Å²) in [6, 6.07) is 17.5. The molecule has 0 saturated heterocycles. The van der Waals surface area contributed by atoms with Crippen LogP contribution < -0.4 is 0 Å². The lowest BCUT2D eigenvalue weighted by atomic mass is 9.81. The van der Waals surface area contributed by atoms with Crippen molar-refractivity contribution < 1.29 is 14.6 Å². The first kappa shape index (κ1) is 16.7. The van der Waals surface area contributed by atoms with Gasteiger partial charge in [-0.1, -0.05) is 62.7 Å². The summed E-state index contributed by atoms with van der Waals surface area (Å²) < 4.78 is 0. The molecule has 0 aliphatic heterocycles. The topological polar surface area (TPSA) is 35.5 Å². The molecule has 24 heavy (non-hydrogen) atoms. The Bertz CT molecular complexity index is 653. The molecule has 0 aromatic heterocycles. The molecule has 0 heterocycles. The first-order chi connectivity index (χ1) is 11.6. The number of benzene rings is 2. The zero-order valence-electron chi connectivity index (χ0n) is 14.3. The van der Waals surface area contributed by atoms with Crippen molar-refractivity contribution in [2.24, 2.45) is 11.8 Å². The maximum Gasteiger partial charge on any atom is 0.373 e. The van der Waals surface area contributed by atoms with Crippen LogP contribution in [0.3, 0.4) is 0 Å². The SMILES string of the molecule is CC1CCCC(C)C1OOC(=O)c1ccc(-c2ccccc2)cc1. The second kappa shape index (κ2) is 7.63. The lowest BCUT2D eigenvalue weighted by molar-refractivity contribution is -0.299. The Morgan fingerprint density at radius 3 is 2.08 bits per heavy atom. The fraction of sp³-hybridized carbons (Fsp3) is 0.381. The number of carbonyl (C=O) groups excluding carboxylic acids is 1. The predicted molar refractivity (Wildman–Crippen MR) is 94.3 cm³/mol. The summed E-state index contributed by atoms with van der Waals surface area (Å²) in [5, 5.41) is 0. The molecule has 2 unspecified atom stereocenters. The zero-order chi connectivity index (χ0) is 16.9. The molecule has 0 bridgehead atoms. The minimum atomic E-state index is -0.431. The molecule has 2 aromatic carbocycles. The number of hydrogen-bond acceptors (Lipinski definition) is 3. The van der Waals surface area contributed by atoms with Gasteiger partial charge in [0.05, 0.1) is 5.56 Å². The van der Waals surface area contributed by atoms with E-state index < -0.39 is 5.97 Å². The molecule has 0 N–H and O–H groups in total. The zero-order valence-corrected chi connectivity index (χ0v) is 14.3. The molecule has 1 aliphatic rings. The molecule has 3 heteroatoms. The average molecular weight is 324 g/mol. The van der Waals surface area contributed by atoms with Crippen LogP contribution in [0.15, 0.2) is 54.6 Å². The summed E-state index contributed by atoms with van der Waals surface area (Å²) in [6.07, 6.45) is 3.46. The summed E-state index contributed by atoms with van der Waals surface area (Å²) in [5.74, 6) is 0.406. The molecular formula is C21H24O3. The Morgan fingerprint density at radius 1 is 0.875 bits per heavy atom. The molecular weight excluding hydrogens is 300 g/mol. The minimum absolute atomic E-state index is 0.00806. The Labute approximate surface area is 143 Å². The highest BCUT2D eigenvalue weighted by Gasteiger charge is 2.30. The van der Waals surface area contributed by atoms with Crippen molar-refractivity contribution >= 4 is 5.97 Å². The van der Waals surface area contributed by atoms with Gasteiger partial charge in [0.2, 0.25) is 0 Å². The quantitative estimate of drug-likeness (QED) is 0.568. The molecule has 3 rings (SSSR count). The fourth-order valence-electron chi connectivity index (χ4n) is 3.42. The van der Waals surface area contributed by atoms with E-state index in [1.165, 1.54) is 6.42 Å². The lowest BCUT2D eigenvalue weighted by Gasteiger charge is -2.32. The van der Waals surface area contributed by atoms with E-state index in [4.69, 9.17) is 9.78 Å². The molecule has 0 radical (unpaired) electrons. The van der Waals surface area contributed by atoms with Gasteiger partial charge in [0.1, 0.15) is 6.10 Å². The van der Waals surface area contributed by atoms with Crippen molar-refractivity contribution in [3.05, 3.63) is 60.2 Å². The summed E-state index contributed by atoms with van der Waals surface area (Å²) in [5.41, 5.74) is 2.70. The largest absolute Gasteiger partial charge is 0.373 e. The van der Waals surface area contributed by atoms with Crippen molar-refractivity contribution in [2.45, 2.75) is 39.2 Å². The molecule has 1 aliphatic carbocycles. The van der Waals surface area contributed by atoms with Gasteiger partial charge in [0.25, 0.3) is 0 Å². The van der Waals surface area contributed by atoms with Crippen LogP contribution in [-0.4, -0.2) is 12.1 Å². The Hall–Kier alpha value is -2.13. The third kappa shape index (κ3) is 3.85. The second-order valence-corrected chi connectivity index (χ2v) is 6.76. The van der Waals surface area contributed by atoms with Gasteiger partial charge in [-0.15, -0.1) is 0 Å². The van der Waals surface area contributed by atoms with E-state index in [1.807, 2.05) is 42.5 Å². The van der Waals surface area contributed by atoms with Crippen molar-refractivity contribution in [3.8, 4) is 11.1 Å². The molecule has 0 spiro atoms. The van der Waals surface area contributed by atoms with Gasteiger partial charge in [0.15, 0.2) is 0 Å². The first-order valence-electron chi connectivity index (χ1n) is 8.68. The summed E-state index contributed by atoms with van der Waals surface area (Å²) in [6.45, 7) is 4.31. The Morgan fingerprint density at radius 2 is 1.46 bits per heavy atom. The van der Waals surface area contributed by atoms with Crippen LogP contribution >= 0.6 is 0 Å². The molecule has 0 amide bonds. The van der Waals surface area contributed by atoms with Crippen molar-refractivity contribution in [1.82, 2.24) is 0 Å². The van der Waals surface area contributed by atoms with Gasteiger partial charge in [0, 0.05) is 0 Å². The fourth-order valence-corrected chi connectivity index (χ4v) is 3.42. The van der Waals surface area contributed by atoms with E-state index in [0.717, 1.165) is 24.0 Å².